The van der Waals surface area contributed by atoms with Gasteiger partial charge in [-0.2, -0.15) is 0 Å². The molecule has 144 valence electrons. The predicted molar refractivity (Wildman–Crippen MR) is 107 cm³/mol. The minimum Gasteiger partial charge on any atom is -0.507 e. The molecule has 0 atom stereocenters. The number of phenolic OH excluding ortho intramolecular Hbond substituents is 1. The lowest BCUT2D eigenvalue weighted by Gasteiger charge is -2.08. The van der Waals surface area contributed by atoms with Crippen LogP contribution in [0.15, 0.2) is 27.8 Å². The summed E-state index contributed by atoms with van der Waals surface area (Å²) in [5.41, 5.74) is 0.711. The van der Waals surface area contributed by atoms with Crippen molar-refractivity contribution in [2.75, 3.05) is 31.7 Å². The molecule has 1 rings (SSSR count). The van der Waals surface area contributed by atoms with Crippen LogP contribution in [0.2, 0.25) is 0 Å². The standard InChI is InChI=1S/C15H20BrN3O5S2/c1-24-15(22)18-5-7-26-25-6-4-17-14(21)12(19-23)9-10-2-3-13(20)11(16)8-10/h2-3,8,20,23H,4-7,9H2,1H3,(H,17,21)(H,18,22)/b19-12-. The smallest absolute Gasteiger partial charge is 0.406 e. The maximum Gasteiger partial charge on any atom is 0.406 e. The number of alkyl carbamates (subject to hydrolysis) is 1. The summed E-state index contributed by atoms with van der Waals surface area (Å²) in [4.78, 5) is 22.9. The van der Waals surface area contributed by atoms with Gasteiger partial charge in [0.15, 0.2) is 0 Å². The molecule has 26 heavy (non-hydrogen) atoms. The van der Waals surface area contributed by atoms with Gasteiger partial charge in [-0.05, 0) is 33.6 Å². The van der Waals surface area contributed by atoms with Gasteiger partial charge in [-0.3, -0.25) is 4.79 Å². The van der Waals surface area contributed by atoms with E-state index in [1.54, 1.807) is 33.7 Å². The van der Waals surface area contributed by atoms with E-state index in [0.717, 1.165) is 5.56 Å². The van der Waals surface area contributed by atoms with Crippen LogP contribution < -0.4 is 10.6 Å². The van der Waals surface area contributed by atoms with Crippen molar-refractivity contribution < 1.29 is 24.6 Å². The molecule has 11 heteroatoms. The van der Waals surface area contributed by atoms with Crippen LogP contribution in [0.25, 0.3) is 0 Å². The summed E-state index contributed by atoms with van der Waals surface area (Å²) in [6.07, 6.45) is -0.318. The average Bonchev–Trinajstić information content (AvgIpc) is 2.64. The van der Waals surface area contributed by atoms with E-state index in [2.05, 4.69) is 36.5 Å². The Bertz CT molecular complexity index is 646. The molecule has 0 bridgehead atoms. The largest absolute Gasteiger partial charge is 0.507 e. The van der Waals surface area contributed by atoms with E-state index in [-0.39, 0.29) is 17.9 Å². The quantitative estimate of drug-likeness (QED) is 0.137. The van der Waals surface area contributed by atoms with Crippen LogP contribution in [0.3, 0.4) is 0 Å². The molecular formula is C15H20BrN3O5S2. The number of oxime groups is 1. The van der Waals surface area contributed by atoms with E-state index in [4.69, 9.17) is 5.21 Å². The SMILES string of the molecule is COC(=O)NCCSSCCNC(=O)/C(Cc1ccc(O)c(Br)c1)=N\O. The molecule has 1 aromatic carbocycles. The third kappa shape index (κ3) is 8.68. The number of benzene rings is 1. The Morgan fingerprint density at radius 3 is 2.46 bits per heavy atom. The number of carbonyl (C=O) groups excluding carboxylic acids is 2. The molecule has 0 saturated carbocycles. The number of hydrogen-bond acceptors (Lipinski definition) is 8. The van der Waals surface area contributed by atoms with E-state index in [9.17, 15) is 14.7 Å². The second-order valence-electron chi connectivity index (χ2n) is 4.83. The fourth-order valence-corrected chi connectivity index (χ4v) is 3.95. The summed E-state index contributed by atoms with van der Waals surface area (Å²) in [6, 6.07) is 4.80. The molecule has 1 aromatic rings. The van der Waals surface area contributed by atoms with Gasteiger partial charge in [0.1, 0.15) is 11.5 Å². The molecule has 0 aliphatic rings. The van der Waals surface area contributed by atoms with Crippen LogP contribution in [0.1, 0.15) is 5.56 Å². The summed E-state index contributed by atoms with van der Waals surface area (Å²) in [5.74, 6) is 1.02. The van der Waals surface area contributed by atoms with Crippen molar-refractivity contribution in [2.24, 2.45) is 5.16 Å². The minimum absolute atomic E-state index is 0.0116. The van der Waals surface area contributed by atoms with Gasteiger partial charge in [-0.25, -0.2) is 4.79 Å². The Hall–Kier alpha value is -1.59. The third-order valence-electron chi connectivity index (χ3n) is 2.96. The van der Waals surface area contributed by atoms with Crippen molar-refractivity contribution in [3.63, 3.8) is 0 Å². The molecule has 0 spiro atoms. The molecule has 0 aliphatic heterocycles. The van der Waals surface area contributed by atoms with Gasteiger partial charge in [0, 0.05) is 31.0 Å². The highest BCUT2D eigenvalue weighted by molar-refractivity contribution is 9.10. The Morgan fingerprint density at radius 1 is 1.23 bits per heavy atom. The van der Waals surface area contributed by atoms with Crippen LogP contribution >= 0.6 is 37.5 Å². The van der Waals surface area contributed by atoms with Gasteiger partial charge < -0.3 is 25.7 Å². The normalized spacial score (nSPS) is 11.1. The van der Waals surface area contributed by atoms with Crippen LogP contribution in [0, 0.1) is 0 Å². The van der Waals surface area contributed by atoms with Crippen LogP contribution in [-0.4, -0.2) is 59.7 Å². The first-order valence-electron chi connectivity index (χ1n) is 7.50. The molecule has 0 aliphatic carbocycles. The van der Waals surface area contributed by atoms with Gasteiger partial charge in [-0.15, -0.1) is 0 Å². The number of rotatable bonds is 10. The highest BCUT2D eigenvalue weighted by Crippen LogP contribution is 2.24. The molecule has 0 fully saturated rings. The first-order chi connectivity index (χ1) is 12.5. The van der Waals surface area contributed by atoms with E-state index < -0.39 is 12.0 Å². The van der Waals surface area contributed by atoms with E-state index in [1.165, 1.54) is 13.2 Å². The fraction of sp³-hybridized carbons (Fsp3) is 0.400. The van der Waals surface area contributed by atoms with Crippen LogP contribution in [0.4, 0.5) is 4.79 Å². The van der Waals surface area contributed by atoms with Crippen molar-refractivity contribution in [1.82, 2.24) is 10.6 Å². The number of carbonyl (C=O) groups is 2. The molecule has 0 heterocycles. The topological polar surface area (TPSA) is 120 Å². The first kappa shape index (κ1) is 22.5. The maximum atomic E-state index is 12.0. The Morgan fingerprint density at radius 2 is 1.88 bits per heavy atom. The molecule has 0 radical (unpaired) electrons. The molecule has 2 amide bonds. The van der Waals surface area contributed by atoms with E-state index >= 15 is 0 Å². The summed E-state index contributed by atoms with van der Waals surface area (Å²) in [7, 11) is 4.43. The van der Waals surface area contributed by atoms with E-state index in [0.29, 0.717) is 29.1 Å². The molecule has 0 unspecified atom stereocenters. The summed E-state index contributed by atoms with van der Waals surface area (Å²) in [5, 5.41) is 26.8. The third-order valence-corrected chi connectivity index (χ3v) is 6.00. The lowest BCUT2D eigenvalue weighted by molar-refractivity contribution is -0.114. The zero-order valence-corrected chi connectivity index (χ0v) is 17.2. The lowest BCUT2D eigenvalue weighted by Crippen LogP contribution is -2.33. The van der Waals surface area contributed by atoms with Gasteiger partial charge in [0.25, 0.3) is 5.91 Å². The highest BCUT2D eigenvalue weighted by atomic mass is 79.9. The second-order valence-corrected chi connectivity index (χ2v) is 8.38. The number of nitrogens with zero attached hydrogens (tertiary/aromatic N) is 1. The maximum absolute atomic E-state index is 12.0. The highest BCUT2D eigenvalue weighted by Gasteiger charge is 2.13. The van der Waals surface area contributed by atoms with Gasteiger partial charge in [-0.1, -0.05) is 32.8 Å². The number of phenols is 1. The molecular weight excluding hydrogens is 446 g/mol. The number of ether oxygens (including phenoxy) is 1. The zero-order chi connectivity index (χ0) is 19.4. The van der Waals surface area contributed by atoms with Crippen LogP contribution in [0.5, 0.6) is 5.75 Å². The number of hydrogen-bond donors (Lipinski definition) is 4. The van der Waals surface area contributed by atoms with Gasteiger partial charge in [0.05, 0.1) is 11.6 Å². The molecule has 4 N–H and O–H groups in total. The molecule has 0 aromatic heterocycles. The first-order valence-corrected chi connectivity index (χ1v) is 10.8. The molecule has 8 nitrogen and oxygen atoms in total. The summed E-state index contributed by atoms with van der Waals surface area (Å²) < 4.78 is 4.95. The fourth-order valence-electron chi connectivity index (χ4n) is 1.71. The minimum atomic E-state index is -0.459. The zero-order valence-electron chi connectivity index (χ0n) is 14.0. The van der Waals surface area contributed by atoms with Gasteiger partial charge >= 0.3 is 6.09 Å². The number of aromatic hydroxyl groups is 1. The van der Waals surface area contributed by atoms with Crippen molar-refractivity contribution in [3.8, 4) is 5.75 Å². The second kappa shape index (κ2) is 12.7. The number of amides is 2. The lowest BCUT2D eigenvalue weighted by atomic mass is 10.1. The number of halogens is 1. The van der Waals surface area contributed by atoms with Crippen molar-refractivity contribution in [1.29, 1.82) is 0 Å². The average molecular weight is 466 g/mol. The Kier molecular flexibility index (Phi) is 11.0. The number of methoxy groups -OCH3 is 1. The Labute approximate surface area is 167 Å². The van der Waals surface area contributed by atoms with Gasteiger partial charge in [0.2, 0.25) is 0 Å². The number of nitrogens with one attached hydrogen (secondary N) is 2. The van der Waals surface area contributed by atoms with E-state index in [1.807, 2.05) is 0 Å². The molecule has 0 saturated heterocycles. The van der Waals surface area contributed by atoms with Crippen LogP contribution in [-0.2, 0) is 16.0 Å². The Balaban J connectivity index is 2.24. The van der Waals surface area contributed by atoms with Crippen molar-refractivity contribution in [3.05, 3.63) is 28.2 Å². The summed E-state index contributed by atoms with van der Waals surface area (Å²) >= 11 is 3.20. The monoisotopic (exact) mass is 465 g/mol. The predicted octanol–water partition coefficient (Wildman–Crippen LogP) is 2.38. The van der Waals surface area contributed by atoms with Crippen molar-refractivity contribution in [2.45, 2.75) is 6.42 Å². The van der Waals surface area contributed by atoms with Crippen molar-refractivity contribution >= 4 is 55.2 Å². The summed E-state index contributed by atoms with van der Waals surface area (Å²) in [6.45, 7) is 0.916.